The van der Waals surface area contributed by atoms with Crippen LogP contribution in [0.1, 0.15) is 19.3 Å². The first kappa shape index (κ1) is 13.8. The van der Waals surface area contributed by atoms with Crippen molar-refractivity contribution in [3.8, 4) is 0 Å². The van der Waals surface area contributed by atoms with Gasteiger partial charge in [-0.05, 0) is 31.4 Å². The third kappa shape index (κ3) is 3.65. The Bertz CT molecular complexity index is 398. The summed E-state index contributed by atoms with van der Waals surface area (Å²) in [7, 11) is 0. The molecule has 0 aliphatic carbocycles. The summed E-state index contributed by atoms with van der Waals surface area (Å²) in [6.45, 7) is 1.40. The number of nitrogens with one attached hydrogen (secondary N) is 2. The molecule has 4 nitrogen and oxygen atoms in total. The monoisotopic (exact) mass is 275 g/mol. The van der Waals surface area contributed by atoms with Crippen molar-refractivity contribution >= 4 is 6.03 Å². The highest BCUT2D eigenvalue weighted by molar-refractivity contribution is 5.74. The molecule has 0 aromatic carbocycles. The zero-order chi connectivity index (χ0) is 13.9. The fourth-order valence-corrected chi connectivity index (χ4v) is 2.07. The molecule has 106 valence electrons. The predicted molar refractivity (Wildman–Crippen MR) is 64.2 cm³/mol. The molecule has 2 heterocycles. The van der Waals surface area contributed by atoms with Crippen LogP contribution in [0.15, 0.2) is 23.9 Å². The van der Waals surface area contributed by atoms with Crippen LogP contribution < -0.4 is 10.6 Å². The maximum Gasteiger partial charge on any atom is 0.417 e. The molecule has 0 saturated carbocycles. The maximum absolute atomic E-state index is 12.4. The Labute approximate surface area is 109 Å². The number of hydrogen-bond donors (Lipinski definition) is 2. The Morgan fingerprint density at radius 3 is 2.53 bits per heavy atom. The molecule has 1 atom stereocenters. The molecule has 0 radical (unpaired) electrons. The van der Waals surface area contributed by atoms with Crippen LogP contribution in [-0.2, 0) is 0 Å². The second kappa shape index (κ2) is 5.54. The van der Waals surface area contributed by atoms with Crippen molar-refractivity contribution in [1.82, 2.24) is 15.5 Å². The van der Waals surface area contributed by atoms with Crippen LogP contribution in [0.5, 0.6) is 0 Å². The Morgan fingerprint density at radius 1 is 1.32 bits per heavy atom. The van der Waals surface area contributed by atoms with E-state index in [0.717, 1.165) is 31.5 Å². The minimum absolute atomic E-state index is 0.245. The van der Waals surface area contributed by atoms with E-state index in [1.54, 1.807) is 4.90 Å². The maximum atomic E-state index is 12.4. The van der Waals surface area contributed by atoms with Gasteiger partial charge >= 0.3 is 12.2 Å². The molecule has 2 rings (SSSR count). The lowest BCUT2D eigenvalue weighted by atomic mass is 10.1. The van der Waals surface area contributed by atoms with E-state index in [0.29, 0.717) is 13.1 Å². The third-order valence-electron chi connectivity index (χ3n) is 3.14. The Kier molecular flexibility index (Phi) is 4.01. The normalized spacial score (nSPS) is 23.6. The fraction of sp³-hybridized carbons (Fsp3) is 0.583. The first-order chi connectivity index (χ1) is 8.97. The van der Waals surface area contributed by atoms with E-state index in [4.69, 9.17) is 0 Å². The van der Waals surface area contributed by atoms with Gasteiger partial charge in [-0.1, -0.05) is 0 Å². The minimum atomic E-state index is -4.37. The molecule has 7 heteroatoms. The number of nitrogens with zero attached hydrogens (tertiary/aromatic N) is 1. The summed E-state index contributed by atoms with van der Waals surface area (Å²) in [6.07, 6.45) is 1.23. The lowest BCUT2D eigenvalue weighted by Gasteiger charge is -2.29. The molecule has 2 aliphatic heterocycles. The summed E-state index contributed by atoms with van der Waals surface area (Å²) in [6, 6.07) is -0.245. The van der Waals surface area contributed by atoms with Crippen molar-refractivity contribution in [2.45, 2.75) is 31.6 Å². The average Bonchev–Trinajstić information content (AvgIpc) is 2.39. The number of hydrogen-bond acceptors (Lipinski definition) is 2. The van der Waals surface area contributed by atoms with Crippen molar-refractivity contribution in [3.63, 3.8) is 0 Å². The van der Waals surface area contributed by atoms with Gasteiger partial charge < -0.3 is 15.5 Å². The molecule has 1 fully saturated rings. The highest BCUT2D eigenvalue weighted by atomic mass is 19.4. The molecule has 19 heavy (non-hydrogen) atoms. The molecule has 2 amide bonds. The van der Waals surface area contributed by atoms with Gasteiger partial charge in [0, 0.05) is 19.3 Å². The highest BCUT2D eigenvalue weighted by Gasteiger charge is 2.33. The quantitative estimate of drug-likeness (QED) is 0.770. The Balaban J connectivity index is 1.84. The molecule has 0 spiro atoms. The number of likely N-dealkylation sites (tertiary alicyclic amines) is 1. The van der Waals surface area contributed by atoms with Crippen molar-refractivity contribution in [2.24, 2.45) is 0 Å². The SMILES string of the molecule is O=C(NC1C=CC(C(F)(F)F)=CN1)N1CCCCC1. The summed E-state index contributed by atoms with van der Waals surface area (Å²) in [5.41, 5.74) is -0.754. The summed E-state index contributed by atoms with van der Waals surface area (Å²) in [4.78, 5) is 13.5. The zero-order valence-corrected chi connectivity index (χ0v) is 10.3. The van der Waals surface area contributed by atoms with Gasteiger partial charge in [-0.3, -0.25) is 0 Å². The van der Waals surface area contributed by atoms with E-state index >= 15 is 0 Å². The number of rotatable bonds is 1. The van der Waals surface area contributed by atoms with Gasteiger partial charge in [0.25, 0.3) is 0 Å². The highest BCUT2D eigenvalue weighted by Crippen LogP contribution is 2.27. The fourth-order valence-electron chi connectivity index (χ4n) is 2.07. The van der Waals surface area contributed by atoms with Crippen LogP contribution in [0.3, 0.4) is 0 Å². The Hall–Kier alpha value is -1.66. The van der Waals surface area contributed by atoms with Crippen LogP contribution in [-0.4, -0.2) is 36.4 Å². The number of urea groups is 1. The van der Waals surface area contributed by atoms with E-state index in [-0.39, 0.29) is 6.03 Å². The molecule has 0 bridgehead atoms. The van der Waals surface area contributed by atoms with Crippen LogP contribution in [0.25, 0.3) is 0 Å². The van der Waals surface area contributed by atoms with Crippen molar-refractivity contribution in [1.29, 1.82) is 0 Å². The van der Waals surface area contributed by atoms with Gasteiger partial charge in [-0.2, -0.15) is 13.2 Å². The van der Waals surface area contributed by atoms with Gasteiger partial charge in [0.1, 0.15) is 6.17 Å². The second-order valence-corrected chi connectivity index (χ2v) is 4.60. The van der Waals surface area contributed by atoms with Gasteiger partial charge in [-0.15, -0.1) is 0 Å². The number of alkyl halides is 3. The van der Waals surface area contributed by atoms with E-state index < -0.39 is 17.9 Å². The largest absolute Gasteiger partial charge is 0.417 e. The van der Waals surface area contributed by atoms with Crippen molar-refractivity contribution in [3.05, 3.63) is 23.9 Å². The first-order valence-corrected chi connectivity index (χ1v) is 6.24. The second-order valence-electron chi connectivity index (χ2n) is 4.60. The summed E-state index contributed by atoms with van der Waals surface area (Å²) >= 11 is 0. The number of halogens is 3. The topological polar surface area (TPSA) is 44.4 Å². The van der Waals surface area contributed by atoms with E-state index in [1.807, 2.05) is 0 Å². The molecule has 0 aromatic rings. The van der Waals surface area contributed by atoms with E-state index in [9.17, 15) is 18.0 Å². The molecule has 0 aromatic heterocycles. The van der Waals surface area contributed by atoms with Gasteiger partial charge in [0.05, 0.1) is 5.57 Å². The number of amides is 2. The molecular formula is C12H16F3N3O. The zero-order valence-electron chi connectivity index (χ0n) is 10.3. The van der Waals surface area contributed by atoms with Crippen LogP contribution >= 0.6 is 0 Å². The van der Waals surface area contributed by atoms with Crippen molar-refractivity contribution < 1.29 is 18.0 Å². The minimum Gasteiger partial charge on any atom is -0.367 e. The average molecular weight is 275 g/mol. The lowest BCUT2D eigenvalue weighted by molar-refractivity contribution is -0.0888. The number of carbonyl (C=O) groups is 1. The number of dihydropyridines is 1. The molecular weight excluding hydrogens is 259 g/mol. The smallest absolute Gasteiger partial charge is 0.367 e. The molecule has 1 saturated heterocycles. The van der Waals surface area contributed by atoms with Crippen LogP contribution in [0, 0.1) is 0 Å². The molecule has 2 aliphatic rings. The Morgan fingerprint density at radius 2 is 2.00 bits per heavy atom. The molecule has 1 unspecified atom stereocenters. The first-order valence-electron chi connectivity index (χ1n) is 6.24. The predicted octanol–water partition coefficient (Wildman–Crippen LogP) is 2.11. The standard InChI is InChI=1S/C12H16F3N3O/c13-12(14,15)9-4-5-10(16-8-9)17-11(19)18-6-2-1-3-7-18/h4-5,8,10,16H,1-3,6-7H2,(H,17,19). The lowest BCUT2D eigenvalue weighted by Crippen LogP contribution is -2.50. The van der Waals surface area contributed by atoms with E-state index in [1.165, 1.54) is 6.08 Å². The summed E-state index contributed by atoms with van der Waals surface area (Å²) < 4.78 is 37.1. The number of allylic oxidation sites excluding steroid dienone is 2. The van der Waals surface area contributed by atoms with E-state index in [2.05, 4.69) is 10.6 Å². The van der Waals surface area contributed by atoms with Crippen LogP contribution in [0.2, 0.25) is 0 Å². The van der Waals surface area contributed by atoms with Gasteiger partial charge in [0.15, 0.2) is 0 Å². The van der Waals surface area contributed by atoms with Crippen LogP contribution in [0.4, 0.5) is 18.0 Å². The number of carbonyl (C=O) groups excluding carboxylic acids is 1. The van der Waals surface area contributed by atoms with Gasteiger partial charge in [0.2, 0.25) is 0 Å². The van der Waals surface area contributed by atoms with Gasteiger partial charge in [-0.25, -0.2) is 4.79 Å². The summed E-state index contributed by atoms with van der Waals surface area (Å²) in [5, 5.41) is 5.16. The summed E-state index contributed by atoms with van der Waals surface area (Å²) in [5.74, 6) is 0. The van der Waals surface area contributed by atoms with Crippen molar-refractivity contribution in [2.75, 3.05) is 13.1 Å². The number of piperidine rings is 1. The molecule has 2 N–H and O–H groups in total. The third-order valence-corrected chi connectivity index (χ3v) is 3.14.